The van der Waals surface area contributed by atoms with E-state index in [1.807, 2.05) is 78.9 Å². The summed E-state index contributed by atoms with van der Waals surface area (Å²) in [6.07, 6.45) is -0.486. The van der Waals surface area contributed by atoms with Gasteiger partial charge in [-0.3, -0.25) is 0 Å². The standard InChI is InChI=1S/C27H29NO6/c1-31-24-12-8-21(9-13-24)27(20-6-4-3-5-7-20,22-10-14-25(32-2)15-11-22)34-19-33-26(30)28-17-16-23(29)18-28/h3-15,23,29H,16-19H2,1-2H3. The quantitative estimate of drug-likeness (QED) is 0.399. The molecule has 4 rings (SSSR count). The fraction of sp³-hybridized carbons (Fsp3) is 0.296. The fourth-order valence-corrected chi connectivity index (χ4v) is 4.24. The van der Waals surface area contributed by atoms with Crippen molar-refractivity contribution in [2.75, 3.05) is 34.1 Å². The SMILES string of the molecule is COc1ccc(C(OCOC(=O)N2CCC(O)C2)(c2ccccc2)c2ccc(OC)cc2)cc1. The summed E-state index contributed by atoms with van der Waals surface area (Å²) in [6.45, 7) is 0.443. The highest BCUT2D eigenvalue weighted by molar-refractivity contribution is 5.68. The van der Waals surface area contributed by atoms with Crippen LogP contribution in [0.25, 0.3) is 0 Å². The Hall–Kier alpha value is -3.55. The summed E-state index contributed by atoms with van der Waals surface area (Å²) in [7, 11) is 3.24. The Labute approximate surface area is 199 Å². The van der Waals surface area contributed by atoms with Crippen molar-refractivity contribution in [3.8, 4) is 11.5 Å². The Bertz CT molecular complexity index is 1020. The number of nitrogens with zero attached hydrogens (tertiary/aromatic N) is 1. The van der Waals surface area contributed by atoms with Crippen LogP contribution < -0.4 is 9.47 Å². The first-order chi connectivity index (χ1) is 16.6. The molecule has 7 nitrogen and oxygen atoms in total. The van der Waals surface area contributed by atoms with Crippen molar-refractivity contribution in [1.29, 1.82) is 0 Å². The molecule has 1 aliphatic heterocycles. The summed E-state index contributed by atoms with van der Waals surface area (Å²) < 4.78 is 22.7. The second-order valence-electron chi connectivity index (χ2n) is 8.07. The number of likely N-dealkylation sites (tertiary alicyclic amines) is 1. The number of β-amino-alcohol motifs (C(OH)–C–C–N with tert-alkyl or cyclic N) is 1. The molecule has 7 heteroatoms. The van der Waals surface area contributed by atoms with E-state index < -0.39 is 17.8 Å². The minimum absolute atomic E-state index is 0.264. The van der Waals surface area contributed by atoms with Crippen LogP contribution in [-0.2, 0) is 15.1 Å². The molecule has 0 bridgehead atoms. The Balaban J connectivity index is 1.72. The molecule has 0 saturated carbocycles. The van der Waals surface area contributed by atoms with Gasteiger partial charge in [0.25, 0.3) is 0 Å². The number of aliphatic hydroxyl groups excluding tert-OH is 1. The van der Waals surface area contributed by atoms with Crippen molar-refractivity contribution < 1.29 is 28.8 Å². The average Bonchev–Trinajstić information content (AvgIpc) is 3.34. The number of ether oxygens (including phenoxy) is 4. The van der Waals surface area contributed by atoms with Gasteiger partial charge in [0, 0.05) is 13.1 Å². The van der Waals surface area contributed by atoms with E-state index >= 15 is 0 Å². The number of benzene rings is 3. The first-order valence-electron chi connectivity index (χ1n) is 11.1. The molecule has 1 saturated heterocycles. The molecule has 1 N–H and O–H groups in total. The summed E-state index contributed by atoms with van der Waals surface area (Å²) in [5.74, 6) is 1.44. The first kappa shape index (κ1) is 23.6. The minimum atomic E-state index is -1.06. The smallest absolute Gasteiger partial charge is 0.411 e. The van der Waals surface area contributed by atoms with Crippen LogP contribution in [0.4, 0.5) is 4.79 Å². The number of amides is 1. The maximum atomic E-state index is 12.5. The molecule has 1 unspecified atom stereocenters. The molecule has 1 fully saturated rings. The van der Waals surface area contributed by atoms with Gasteiger partial charge in [-0.2, -0.15) is 0 Å². The van der Waals surface area contributed by atoms with Crippen LogP contribution in [0.3, 0.4) is 0 Å². The predicted octanol–water partition coefficient (Wildman–Crippen LogP) is 4.17. The lowest BCUT2D eigenvalue weighted by Gasteiger charge is -2.35. The Morgan fingerprint density at radius 1 is 0.882 bits per heavy atom. The van der Waals surface area contributed by atoms with E-state index in [4.69, 9.17) is 18.9 Å². The highest BCUT2D eigenvalue weighted by Crippen LogP contribution is 2.41. The summed E-state index contributed by atoms with van der Waals surface area (Å²) in [5.41, 5.74) is 1.50. The normalized spacial score (nSPS) is 15.7. The predicted molar refractivity (Wildman–Crippen MR) is 127 cm³/mol. The molecule has 178 valence electrons. The van der Waals surface area contributed by atoms with Gasteiger partial charge in [-0.15, -0.1) is 0 Å². The minimum Gasteiger partial charge on any atom is -0.497 e. The third kappa shape index (κ3) is 4.85. The Kier molecular flexibility index (Phi) is 7.35. The summed E-state index contributed by atoms with van der Waals surface area (Å²) >= 11 is 0. The molecule has 1 atom stereocenters. The van der Waals surface area contributed by atoms with Gasteiger partial charge >= 0.3 is 6.09 Å². The topological polar surface area (TPSA) is 77.5 Å². The third-order valence-electron chi connectivity index (χ3n) is 6.05. The molecule has 3 aromatic rings. The molecule has 0 aromatic heterocycles. The number of aliphatic hydroxyl groups is 1. The molecular formula is C27H29NO6. The second kappa shape index (κ2) is 10.6. The number of carbonyl (C=O) groups is 1. The molecule has 1 heterocycles. The lowest BCUT2D eigenvalue weighted by Crippen LogP contribution is -2.36. The van der Waals surface area contributed by atoms with Gasteiger partial charge in [-0.25, -0.2) is 4.79 Å². The van der Waals surface area contributed by atoms with Crippen molar-refractivity contribution in [1.82, 2.24) is 4.90 Å². The lowest BCUT2D eigenvalue weighted by atomic mass is 9.80. The molecular weight excluding hydrogens is 434 g/mol. The molecule has 1 amide bonds. The van der Waals surface area contributed by atoms with E-state index in [1.165, 1.54) is 4.90 Å². The highest BCUT2D eigenvalue weighted by Gasteiger charge is 2.38. The van der Waals surface area contributed by atoms with Crippen molar-refractivity contribution in [3.05, 3.63) is 95.6 Å². The van der Waals surface area contributed by atoms with Gasteiger partial charge in [0.2, 0.25) is 0 Å². The monoisotopic (exact) mass is 463 g/mol. The maximum Gasteiger partial charge on any atom is 0.411 e. The number of methoxy groups -OCH3 is 2. The van der Waals surface area contributed by atoms with Crippen molar-refractivity contribution >= 4 is 6.09 Å². The van der Waals surface area contributed by atoms with Crippen LogP contribution >= 0.6 is 0 Å². The van der Waals surface area contributed by atoms with E-state index in [2.05, 4.69) is 0 Å². The van der Waals surface area contributed by atoms with Gasteiger partial charge < -0.3 is 29.0 Å². The van der Waals surface area contributed by atoms with E-state index in [0.717, 1.165) is 28.2 Å². The highest BCUT2D eigenvalue weighted by atomic mass is 16.7. The number of hydrogen-bond donors (Lipinski definition) is 1. The molecule has 1 aliphatic rings. The Morgan fingerprint density at radius 2 is 1.41 bits per heavy atom. The molecule has 34 heavy (non-hydrogen) atoms. The van der Waals surface area contributed by atoms with Crippen molar-refractivity contribution in [3.63, 3.8) is 0 Å². The van der Waals surface area contributed by atoms with Gasteiger partial charge in [0.15, 0.2) is 6.79 Å². The third-order valence-corrected chi connectivity index (χ3v) is 6.05. The number of carbonyl (C=O) groups excluding carboxylic acids is 1. The maximum absolute atomic E-state index is 12.5. The number of hydrogen-bond acceptors (Lipinski definition) is 6. The van der Waals surface area contributed by atoms with E-state index in [0.29, 0.717) is 13.0 Å². The van der Waals surface area contributed by atoms with Crippen LogP contribution in [-0.4, -0.2) is 56.3 Å². The fourth-order valence-electron chi connectivity index (χ4n) is 4.24. The molecule has 0 radical (unpaired) electrons. The van der Waals surface area contributed by atoms with Crippen LogP contribution in [0.5, 0.6) is 11.5 Å². The van der Waals surface area contributed by atoms with Gasteiger partial charge in [0.1, 0.15) is 17.1 Å². The first-order valence-corrected chi connectivity index (χ1v) is 11.1. The van der Waals surface area contributed by atoms with E-state index in [1.54, 1.807) is 14.2 Å². The van der Waals surface area contributed by atoms with Crippen LogP contribution in [0.1, 0.15) is 23.1 Å². The zero-order valence-corrected chi connectivity index (χ0v) is 19.3. The summed E-state index contributed by atoms with van der Waals surface area (Å²) in [5, 5.41) is 9.73. The van der Waals surface area contributed by atoms with Crippen LogP contribution in [0.15, 0.2) is 78.9 Å². The second-order valence-corrected chi connectivity index (χ2v) is 8.07. The lowest BCUT2D eigenvalue weighted by molar-refractivity contribution is -0.0890. The summed E-state index contributed by atoms with van der Waals surface area (Å²) in [4.78, 5) is 14.0. The zero-order valence-electron chi connectivity index (χ0n) is 19.3. The Morgan fingerprint density at radius 3 is 1.88 bits per heavy atom. The van der Waals surface area contributed by atoms with Crippen LogP contribution in [0, 0.1) is 0 Å². The van der Waals surface area contributed by atoms with Gasteiger partial charge in [-0.05, 0) is 47.4 Å². The van der Waals surface area contributed by atoms with E-state index in [9.17, 15) is 9.90 Å². The van der Waals surface area contributed by atoms with Crippen molar-refractivity contribution in [2.45, 2.75) is 18.1 Å². The van der Waals surface area contributed by atoms with Gasteiger partial charge in [0.05, 0.1) is 20.3 Å². The zero-order chi connectivity index (χ0) is 24.0. The van der Waals surface area contributed by atoms with Crippen LogP contribution in [0.2, 0.25) is 0 Å². The van der Waals surface area contributed by atoms with E-state index in [-0.39, 0.29) is 13.3 Å². The molecule has 0 spiro atoms. The number of rotatable bonds is 8. The van der Waals surface area contributed by atoms with Crippen molar-refractivity contribution in [2.24, 2.45) is 0 Å². The summed E-state index contributed by atoms with van der Waals surface area (Å²) in [6, 6.07) is 25.0. The molecule has 3 aromatic carbocycles. The largest absolute Gasteiger partial charge is 0.497 e. The average molecular weight is 464 g/mol. The van der Waals surface area contributed by atoms with Gasteiger partial charge in [-0.1, -0.05) is 54.6 Å². The molecule has 0 aliphatic carbocycles.